The van der Waals surface area contributed by atoms with Crippen molar-refractivity contribution >= 4 is 28.4 Å². The molecule has 74 valence electrons. The van der Waals surface area contributed by atoms with E-state index in [9.17, 15) is 4.79 Å². The summed E-state index contributed by atoms with van der Waals surface area (Å²) in [5.41, 5.74) is 0. The van der Waals surface area contributed by atoms with Crippen molar-refractivity contribution in [1.82, 2.24) is 0 Å². The predicted octanol–water partition coefficient (Wildman–Crippen LogP) is 2.68. The van der Waals surface area contributed by atoms with E-state index >= 15 is 0 Å². The van der Waals surface area contributed by atoms with E-state index in [1.165, 1.54) is 0 Å². The fourth-order valence-corrected chi connectivity index (χ4v) is 0.560. The Bertz CT molecular complexity index is 224. The van der Waals surface area contributed by atoms with E-state index in [1.54, 1.807) is 6.92 Å². The van der Waals surface area contributed by atoms with E-state index in [0.717, 1.165) is 5.02 Å². The van der Waals surface area contributed by atoms with Gasteiger partial charge in [-0.25, -0.2) is 0 Å². The van der Waals surface area contributed by atoms with Gasteiger partial charge in [0.05, 0.1) is 0 Å². The van der Waals surface area contributed by atoms with Crippen LogP contribution in [0.25, 0.3) is 0 Å². The lowest BCUT2D eigenvalue weighted by Crippen LogP contribution is -1.74. The Morgan fingerprint density at radius 1 is 1.31 bits per heavy atom. The van der Waals surface area contributed by atoms with Crippen LogP contribution in [0.3, 0.4) is 0 Å². The SMILES string of the molecule is CCC(=O)Cl.Clc1ccccc1.O. The molecule has 2 nitrogen and oxygen atoms in total. The summed E-state index contributed by atoms with van der Waals surface area (Å²) in [6.07, 6.45) is 0.432. The third-order valence-electron chi connectivity index (χ3n) is 1.01. The van der Waals surface area contributed by atoms with Gasteiger partial charge in [0.1, 0.15) is 0 Å². The summed E-state index contributed by atoms with van der Waals surface area (Å²) >= 11 is 10.4. The van der Waals surface area contributed by atoms with Gasteiger partial charge in [-0.3, -0.25) is 4.79 Å². The summed E-state index contributed by atoms with van der Waals surface area (Å²) < 4.78 is 0. The lowest BCUT2D eigenvalue weighted by atomic mass is 10.4. The zero-order chi connectivity index (χ0) is 9.40. The first-order valence-corrected chi connectivity index (χ1v) is 4.31. The van der Waals surface area contributed by atoms with Gasteiger partial charge in [-0.15, -0.1) is 0 Å². The molecule has 0 aliphatic carbocycles. The molecule has 4 heteroatoms. The predicted molar refractivity (Wildman–Crippen MR) is 56.2 cm³/mol. The Kier molecular flexibility index (Phi) is 10.9. The van der Waals surface area contributed by atoms with E-state index in [-0.39, 0.29) is 10.7 Å². The van der Waals surface area contributed by atoms with Crippen LogP contribution in [0.4, 0.5) is 0 Å². The molecule has 1 aromatic rings. The highest BCUT2D eigenvalue weighted by atomic mass is 35.5. The van der Waals surface area contributed by atoms with Crippen LogP contribution in [0, 0.1) is 0 Å². The second-order valence-electron chi connectivity index (χ2n) is 2.00. The highest BCUT2D eigenvalue weighted by molar-refractivity contribution is 6.63. The highest BCUT2D eigenvalue weighted by Gasteiger charge is 1.81. The maximum atomic E-state index is 9.58. The van der Waals surface area contributed by atoms with Crippen molar-refractivity contribution in [2.75, 3.05) is 0 Å². The molecule has 0 radical (unpaired) electrons. The maximum Gasteiger partial charge on any atom is 0.221 e. The zero-order valence-electron chi connectivity index (χ0n) is 7.26. The molecule has 0 unspecified atom stereocenters. The van der Waals surface area contributed by atoms with Crippen LogP contribution in [0.5, 0.6) is 0 Å². The first-order chi connectivity index (χ1) is 5.66. The van der Waals surface area contributed by atoms with Gasteiger partial charge in [0.2, 0.25) is 5.24 Å². The number of halogens is 2. The quantitative estimate of drug-likeness (QED) is 0.675. The van der Waals surface area contributed by atoms with Gasteiger partial charge in [-0.05, 0) is 23.7 Å². The molecule has 0 aliphatic rings. The number of hydrogen-bond donors (Lipinski definition) is 0. The molecule has 0 aromatic heterocycles. The topological polar surface area (TPSA) is 48.6 Å². The van der Waals surface area contributed by atoms with Gasteiger partial charge in [0.25, 0.3) is 0 Å². The summed E-state index contributed by atoms with van der Waals surface area (Å²) in [5, 5.41) is 0.521. The normalized spacial score (nSPS) is 7.62. The molecule has 13 heavy (non-hydrogen) atoms. The van der Waals surface area contributed by atoms with Crippen LogP contribution >= 0.6 is 23.2 Å². The monoisotopic (exact) mass is 222 g/mol. The smallest absolute Gasteiger partial charge is 0.221 e. The third-order valence-corrected chi connectivity index (χ3v) is 1.53. The Morgan fingerprint density at radius 3 is 1.85 bits per heavy atom. The second kappa shape index (κ2) is 9.52. The fourth-order valence-electron chi connectivity index (χ4n) is 0.415. The molecule has 0 spiro atoms. The average molecular weight is 223 g/mol. The van der Waals surface area contributed by atoms with E-state index in [4.69, 9.17) is 23.2 Å². The first kappa shape index (κ1) is 14.9. The van der Waals surface area contributed by atoms with Crippen LogP contribution in [0.15, 0.2) is 30.3 Å². The fraction of sp³-hybridized carbons (Fsp3) is 0.222. The van der Waals surface area contributed by atoms with Crippen molar-refractivity contribution in [3.8, 4) is 0 Å². The van der Waals surface area contributed by atoms with Crippen LogP contribution in [-0.4, -0.2) is 10.7 Å². The van der Waals surface area contributed by atoms with Gasteiger partial charge >= 0.3 is 0 Å². The van der Waals surface area contributed by atoms with E-state index in [0.29, 0.717) is 6.42 Å². The molecule has 0 fully saturated rings. The number of carbonyl (C=O) groups excluding carboxylic acids is 1. The van der Waals surface area contributed by atoms with Crippen molar-refractivity contribution in [3.05, 3.63) is 35.4 Å². The largest absolute Gasteiger partial charge is 0.412 e. The van der Waals surface area contributed by atoms with Crippen molar-refractivity contribution in [2.24, 2.45) is 0 Å². The summed E-state index contributed by atoms with van der Waals surface area (Å²) in [5.74, 6) is 0. The second-order valence-corrected chi connectivity index (χ2v) is 2.86. The van der Waals surface area contributed by atoms with Crippen LogP contribution in [-0.2, 0) is 4.79 Å². The Morgan fingerprint density at radius 2 is 1.69 bits per heavy atom. The molecule has 0 atom stereocenters. The molecule has 0 aliphatic heterocycles. The molecule has 0 bridgehead atoms. The zero-order valence-corrected chi connectivity index (χ0v) is 8.77. The average Bonchev–Trinajstić information content (AvgIpc) is 2.07. The van der Waals surface area contributed by atoms with Gasteiger partial charge in [0.15, 0.2) is 0 Å². The molecule has 0 amide bonds. The maximum absolute atomic E-state index is 9.58. The third kappa shape index (κ3) is 11.4. The van der Waals surface area contributed by atoms with Gasteiger partial charge in [-0.2, -0.15) is 0 Å². The number of benzene rings is 1. The number of carbonyl (C=O) groups is 1. The van der Waals surface area contributed by atoms with E-state index in [2.05, 4.69) is 0 Å². The van der Waals surface area contributed by atoms with Crippen molar-refractivity contribution in [1.29, 1.82) is 0 Å². The van der Waals surface area contributed by atoms with Gasteiger partial charge in [-0.1, -0.05) is 36.7 Å². The molecule has 0 saturated heterocycles. The Labute approximate surface area is 87.8 Å². The summed E-state index contributed by atoms with van der Waals surface area (Å²) in [6, 6.07) is 9.44. The molecule has 1 rings (SSSR count). The Balaban J connectivity index is 0. The number of hydrogen-bond acceptors (Lipinski definition) is 1. The van der Waals surface area contributed by atoms with E-state index in [1.807, 2.05) is 30.3 Å². The van der Waals surface area contributed by atoms with Crippen LogP contribution in [0.1, 0.15) is 13.3 Å². The molecule has 0 heterocycles. The van der Waals surface area contributed by atoms with Crippen LogP contribution < -0.4 is 0 Å². The van der Waals surface area contributed by atoms with Crippen molar-refractivity contribution in [2.45, 2.75) is 13.3 Å². The minimum absolute atomic E-state index is 0. The van der Waals surface area contributed by atoms with E-state index < -0.39 is 0 Å². The summed E-state index contributed by atoms with van der Waals surface area (Å²) in [7, 11) is 0. The lowest BCUT2D eigenvalue weighted by Gasteiger charge is -1.80. The van der Waals surface area contributed by atoms with Crippen molar-refractivity contribution < 1.29 is 10.3 Å². The lowest BCUT2D eigenvalue weighted by molar-refractivity contribution is -0.111. The number of rotatable bonds is 1. The van der Waals surface area contributed by atoms with Crippen molar-refractivity contribution in [3.63, 3.8) is 0 Å². The highest BCUT2D eigenvalue weighted by Crippen LogP contribution is 2.03. The molecule has 1 aromatic carbocycles. The molecular formula is C9H12Cl2O2. The van der Waals surface area contributed by atoms with Gasteiger partial charge < -0.3 is 5.48 Å². The molecule has 0 saturated carbocycles. The Hall–Kier alpha value is -0.570. The standard InChI is InChI=1S/C6H5Cl.C3H5ClO.H2O/c7-6-4-2-1-3-5-6;1-2-3(4)5;/h1-5H;2H2,1H3;1H2. The molecular weight excluding hydrogens is 211 g/mol. The minimum Gasteiger partial charge on any atom is -0.412 e. The molecule has 2 N–H and O–H groups in total. The first-order valence-electron chi connectivity index (χ1n) is 3.55. The van der Waals surface area contributed by atoms with Crippen LogP contribution in [0.2, 0.25) is 5.02 Å². The summed E-state index contributed by atoms with van der Waals surface area (Å²) in [4.78, 5) is 9.58. The minimum atomic E-state index is -0.273. The summed E-state index contributed by atoms with van der Waals surface area (Å²) in [6.45, 7) is 1.72. The van der Waals surface area contributed by atoms with Gasteiger partial charge in [0, 0.05) is 11.4 Å².